The van der Waals surface area contributed by atoms with Gasteiger partial charge in [-0.05, 0) is 12.1 Å². The number of carbonyl (C=O) groups excluding carboxylic acids is 1. The van der Waals surface area contributed by atoms with E-state index in [1.165, 1.54) is 5.69 Å². The Labute approximate surface area is 130 Å². The molecule has 1 amide bonds. The van der Waals surface area contributed by atoms with Crippen LogP contribution >= 0.6 is 0 Å². The summed E-state index contributed by atoms with van der Waals surface area (Å²) in [5.41, 5.74) is 9.00. The van der Waals surface area contributed by atoms with Crippen molar-refractivity contribution in [3.05, 3.63) is 41.2 Å². The SMILES string of the molecule is CC(C)c1nc2c(n1C)CCN(c1ccnc(C(N)=O)c1)C2. The summed E-state index contributed by atoms with van der Waals surface area (Å²) in [7, 11) is 2.09. The van der Waals surface area contributed by atoms with Crippen molar-refractivity contribution >= 4 is 11.6 Å². The van der Waals surface area contributed by atoms with Crippen molar-refractivity contribution in [2.24, 2.45) is 12.8 Å². The Hall–Kier alpha value is -2.37. The third kappa shape index (κ3) is 2.45. The van der Waals surface area contributed by atoms with Gasteiger partial charge >= 0.3 is 0 Å². The molecule has 1 aliphatic heterocycles. The monoisotopic (exact) mass is 299 g/mol. The van der Waals surface area contributed by atoms with Crippen LogP contribution in [0.15, 0.2) is 18.3 Å². The predicted octanol–water partition coefficient (Wildman–Crippen LogP) is 1.60. The number of aromatic nitrogens is 3. The molecule has 2 aromatic heterocycles. The van der Waals surface area contributed by atoms with E-state index in [1.54, 1.807) is 12.3 Å². The van der Waals surface area contributed by atoms with Crippen molar-refractivity contribution in [1.29, 1.82) is 0 Å². The highest BCUT2D eigenvalue weighted by Gasteiger charge is 2.24. The summed E-state index contributed by atoms with van der Waals surface area (Å²) in [6.45, 7) is 5.96. The molecule has 0 unspecified atom stereocenters. The molecule has 6 heteroatoms. The summed E-state index contributed by atoms with van der Waals surface area (Å²) in [5.74, 6) is 1.03. The van der Waals surface area contributed by atoms with E-state index >= 15 is 0 Å². The molecular weight excluding hydrogens is 278 g/mol. The lowest BCUT2D eigenvalue weighted by Crippen LogP contribution is -2.31. The average Bonchev–Trinajstić information content (AvgIpc) is 2.84. The Bertz CT molecular complexity index is 719. The van der Waals surface area contributed by atoms with Crippen LogP contribution in [-0.4, -0.2) is 27.0 Å². The van der Waals surface area contributed by atoms with Crippen molar-refractivity contribution in [3.8, 4) is 0 Å². The third-order valence-corrected chi connectivity index (χ3v) is 4.17. The minimum atomic E-state index is -0.500. The average molecular weight is 299 g/mol. The van der Waals surface area contributed by atoms with Crippen LogP contribution in [0.5, 0.6) is 0 Å². The second kappa shape index (κ2) is 5.44. The Balaban J connectivity index is 1.90. The van der Waals surface area contributed by atoms with Crippen molar-refractivity contribution < 1.29 is 4.79 Å². The number of amides is 1. The second-order valence-corrected chi connectivity index (χ2v) is 6.01. The van der Waals surface area contributed by atoms with Crippen LogP contribution in [0.1, 0.15) is 47.5 Å². The van der Waals surface area contributed by atoms with Crippen molar-refractivity contribution in [2.75, 3.05) is 11.4 Å². The van der Waals surface area contributed by atoms with E-state index in [9.17, 15) is 4.79 Å². The zero-order valence-corrected chi connectivity index (χ0v) is 13.2. The molecule has 0 atom stereocenters. The van der Waals surface area contributed by atoms with Gasteiger partial charge < -0.3 is 15.2 Å². The fourth-order valence-corrected chi connectivity index (χ4v) is 3.04. The van der Waals surface area contributed by atoms with Gasteiger partial charge in [0.1, 0.15) is 11.5 Å². The van der Waals surface area contributed by atoms with Gasteiger partial charge in [-0.1, -0.05) is 13.8 Å². The van der Waals surface area contributed by atoms with Crippen molar-refractivity contribution in [1.82, 2.24) is 14.5 Å². The standard InChI is InChI=1S/C16H21N5O/c1-10(2)16-19-13-9-21(7-5-14(13)20(16)3)11-4-6-18-12(8-11)15(17)22/h4,6,8,10H,5,7,9H2,1-3H3,(H2,17,22). The van der Waals surface area contributed by atoms with Gasteiger partial charge in [0.15, 0.2) is 0 Å². The molecule has 6 nitrogen and oxygen atoms in total. The fraction of sp³-hybridized carbons (Fsp3) is 0.438. The highest BCUT2D eigenvalue weighted by atomic mass is 16.1. The van der Waals surface area contributed by atoms with Crippen LogP contribution in [0, 0.1) is 0 Å². The molecule has 0 radical (unpaired) electrons. The molecule has 3 heterocycles. The maximum atomic E-state index is 11.3. The molecule has 2 aromatic rings. The molecule has 3 rings (SSSR count). The summed E-state index contributed by atoms with van der Waals surface area (Å²) in [4.78, 5) is 22.3. The quantitative estimate of drug-likeness (QED) is 0.934. The second-order valence-electron chi connectivity index (χ2n) is 6.01. The van der Waals surface area contributed by atoms with Crippen LogP contribution in [0.4, 0.5) is 5.69 Å². The van der Waals surface area contributed by atoms with Gasteiger partial charge in [-0.25, -0.2) is 4.98 Å². The lowest BCUT2D eigenvalue weighted by Gasteiger charge is -2.28. The molecule has 0 saturated carbocycles. The number of nitrogens with zero attached hydrogens (tertiary/aromatic N) is 4. The topological polar surface area (TPSA) is 77.0 Å². The van der Waals surface area contributed by atoms with E-state index < -0.39 is 5.91 Å². The summed E-state index contributed by atoms with van der Waals surface area (Å²) in [6, 6.07) is 3.66. The molecule has 22 heavy (non-hydrogen) atoms. The normalized spacial score (nSPS) is 14.3. The third-order valence-electron chi connectivity index (χ3n) is 4.17. The van der Waals surface area contributed by atoms with Gasteiger partial charge in [0.25, 0.3) is 5.91 Å². The van der Waals surface area contributed by atoms with Crippen LogP contribution in [-0.2, 0) is 20.0 Å². The molecule has 0 bridgehead atoms. The first-order valence-corrected chi connectivity index (χ1v) is 7.52. The van der Waals surface area contributed by atoms with E-state index in [0.717, 1.165) is 36.7 Å². The van der Waals surface area contributed by atoms with E-state index in [-0.39, 0.29) is 0 Å². The minimum absolute atomic E-state index is 0.298. The first-order valence-electron chi connectivity index (χ1n) is 7.52. The van der Waals surface area contributed by atoms with Crippen LogP contribution < -0.4 is 10.6 Å². The van der Waals surface area contributed by atoms with Gasteiger partial charge in [-0.3, -0.25) is 9.78 Å². The maximum Gasteiger partial charge on any atom is 0.267 e. The van der Waals surface area contributed by atoms with E-state index in [2.05, 4.69) is 35.3 Å². The number of hydrogen-bond acceptors (Lipinski definition) is 4. The molecular formula is C16H21N5O. The Kier molecular flexibility index (Phi) is 3.60. The number of carbonyl (C=O) groups is 1. The number of imidazole rings is 1. The number of nitrogens with two attached hydrogens (primary N) is 1. The number of pyridine rings is 1. The Morgan fingerprint density at radius 2 is 2.18 bits per heavy atom. The molecule has 1 aliphatic rings. The Morgan fingerprint density at radius 1 is 1.41 bits per heavy atom. The lowest BCUT2D eigenvalue weighted by molar-refractivity contribution is 0.0995. The molecule has 0 fully saturated rings. The van der Waals surface area contributed by atoms with Gasteiger partial charge in [0.05, 0.1) is 12.2 Å². The Morgan fingerprint density at radius 3 is 2.86 bits per heavy atom. The zero-order valence-electron chi connectivity index (χ0n) is 13.2. The predicted molar refractivity (Wildman–Crippen MR) is 84.8 cm³/mol. The van der Waals surface area contributed by atoms with Gasteiger partial charge in [-0.15, -0.1) is 0 Å². The van der Waals surface area contributed by atoms with Crippen LogP contribution in [0.3, 0.4) is 0 Å². The van der Waals surface area contributed by atoms with Crippen molar-refractivity contribution in [2.45, 2.75) is 32.7 Å². The number of fused-ring (bicyclic) bond motifs is 1. The minimum Gasteiger partial charge on any atom is -0.365 e. The molecule has 0 spiro atoms. The summed E-state index contributed by atoms with van der Waals surface area (Å²) in [5, 5.41) is 0. The highest BCUT2D eigenvalue weighted by Crippen LogP contribution is 2.26. The molecule has 0 aliphatic carbocycles. The number of anilines is 1. The fourth-order valence-electron chi connectivity index (χ4n) is 3.04. The number of primary amides is 1. The number of rotatable bonds is 3. The lowest BCUT2D eigenvalue weighted by atomic mass is 10.1. The summed E-state index contributed by atoms with van der Waals surface area (Å²) < 4.78 is 2.22. The smallest absolute Gasteiger partial charge is 0.267 e. The summed E-state index contributed by atoms with van der Waals surface area (Å²) >= 11 is 0. The van der Waals surface area contributed by atoms with E-state index in [0.29, 0.717) is 11.6 Å². The number of hydrogen-bond donors (Lipinski definition) is 1. The van der Waals surface area contributed by atoms with Crippen molar-refractivity contribution in [3.63, 3.8) is 0 Å². The molecule has 0 saturated heterocycles. The van der Waals surface area contributed by atoms with E-state index in [1.807, 2.05) is 6.07 Å². The van der Waals surface area contributed by atoms with Gasteiger partial charge in [0, 0.05) is 43.5 Å². The molecule has 0 aromatic carbocycles. The molecule has 116 valence electrons. The van der Waals surface area contributed by atoms with Crippen LogP contribution in [0.25, 0.3) is 0 Å². The van der Waals surface area contributed by atoms with E-state index in [4.69, 9.17) is 10.7 Å². The first-order chi connectivity index (χ1) is 10.5. The first kappa shape index (κ1) is 14.6. The van der Waals surface area contributed by atoms with Gasteiger partial charge in [-0.2, -0.15) is 0 Å². The zero-order chi connectivity index (χ0) is 15.9. The maximum absolute atomic E-state index is 11.3. The highest BCUT2D eigenvalue weighted by molar-refractivity contribution is 5.91. The van der Waals surface area contributed by atoms with Crippen LogP contribution in [0.2, 0.25) is 0 Å². The summed E-state index contributed by atoms with van der Waals surface area (Å²) in [6.07, 6.45) is 2.57. The largest absolute Gasteiger partial charge is 0.365 e. The molecule has 2 N–H and O–H groups in total. The van der Waals surface area contributed by atoms with Gasteiger partial charge in [0.2, 0.25) is 0 Å².